The van der Waals surface area contributed by atoms with Crippen molar-refractivity contribution in [2.75, 3.05) is 69.7 Å². The van der Waals surface area contributed by atoms with Gasteiger partial charge in [-0.15, -0.1) is 0 Å². The van der Waals surface area contributed by atoms with E-state index in [0.29, 0.717) is 92.4 Å². The number of aromatic nitrogens is 2. The van der Waals surface area contributed by atoms with Crippen LogP contribution in [0.1, 0.15) is 54.4 Å². The van der Waals surface area contributed by atoms with E-state index in [1.807, 2.05) is 119 Å². The molecule has 10 rings (SSSR count). The van der Waals surface area contributed by atoms with Gasteiger partial charge in [-0.1, -0.05) is 97.1 Å². The van der Waals surface area contributed by atoms with Crippen LogP contribution in [0, 0.1) is 0 Å². The van der Waals surface area contributed by atoms with Crippen molar-refractivity contribution in [3.8, 4) is 0 Å². The highest BCUT2D eigenvalue weighted by molar-refractivity contribution is 7.87. The van der Waals surface area contributed by atoms with E-state index >= 15 is 0 Å². The minimum Gasteiger partial charge on any atom is -0.748 e. The van der Waals surface area contributed by atoms with Gasteiger partial charge in [0, 0.05) is 81.9 Å². The van der Waals surface area contributed by atoms with Gasteiger partial charge in [0.1, 0.15) is 35.8 Å². The number of benzene rings is 4. The molecule has 4 aliphatic heterocycles. The molecule has 0 radical (unpaired) electrons. The van der Waals surface area contributed by atoms with Crippen LogP contribution in [0.2, 0.25) is 38.3 Å². The number of rotatable bonds is 32. The topological polar surface area (TPSA) is 418 Å². The number of carbonyl (C=O) groups excluding carboxylic acids is 3. The van der Waals surface area contributed by atoms with Crippen LogP contribution in [0.4, 0.5) is 11.6 Å². The summed E-state index contributed by atoms with van der Waals surface area (Å²) in [6.45, 7) is 6.88. The molecule has 1 atom stereocenters. The maximum Gasteiger partial charge on any atom is 0.582 e. The average molecular weight is 1390 g/mol. The van der Waals surface area contributed by atoms with E-state index in [2.05, 4.69) is 37.1 Å². The van der Waals surface area contributed by atoms with Gasteiger partial charge in [0.2, 0.25) is 5.91 Å². The third-order valence-electron chi connectivity index (χ3n) is 16.1. The second kappa shape index (κ2) is 28.0. The molecule has 0 aliphatic carbocycles. The Balaban J connectivity index is 1.10. The lowest BCUT2D eigenvalue weighted by Gasteiger charge is -2.43. The van der Waals surface area contributed by atoms with Crippen molar-refractivity contribution in [2.24, 2.45) is 47.6 Å². The first-order valence-electron chi connectivity index (χ1n) is 29.9. The molecular weight excluding hydrogens is 1320 g/mol. The van der Waals surface area contributed by atoms with Crippen LogP contribution in [0.5, 0.6) is 0 Å². The summed E-state index contributed by atoms with van der Waals surface area (Å²) in [6.07, 6.45) is 0.214. The van der Waals surface area contributed by atoms with Crippen molar-refractivity contribution in [3.05, 3.63) is 130 Å². The van der Waals surface area contributed by atoms with E-state index in [1.165, 1.54) is 0 Å². The Kier molecular flexibility index (Phi) is 20.6. The Morgan fingerprint density at radius 2 is 0.925 bits per heavy atom. The molecule has 36 heteroatoms. The van der Waals surface area contributed by atoms with Crippen molar-refractivity contribution in [1.82, 2.24) is 19.1 Å². The molecule has 93 heavy (non-hydrogen) atoms. The summed E-state index contributed by atoms with van der Waals surface area (Å²) in [5.41, 5.74) is 3.78. The predicted molar refractivity (Wildman–Crippen MR) is 350 cm³/mol. The van der Waals surface area contributed by atoms with E-state index in [-0.39, 0.29) is 63.0 Å². The zero-order valence-electron chi connectivity index (χ0n) is 51.5. The molecular formula is C57H72N14O16S3Si3. The number of amides is 2. The Hall–Kier alpha value is -7.25. The summed E-state index contributed by atoms with van der Waals surface area (Å²) in [5.74, 6) is 13.5. The number of hydrogen-bond donors (Lipinski definition) is 5. The zero-order chi connectivity index (χ0) is 66.6. The van der Waals surface area contributed by atoms with E-state index in [9.17, 15) is 44.2 Å². The van der Waals surface area contributed by atoms with Gasteiger partial charge in [-0.3, -0.25) is 18.1 Å². The number of nitrogens with one attached hydrogen (secondary N) is 2. The van der Waals surface area contributed by atoms with Crippen molar-refractivity contribution in [2.45, 2.75) is 70.4 Å². The normalized spacial score (nSPS) is 17.9. The fourth-order valence-corrected chi connectivity index (χ4v) is 26.2. The van der Waals surface area contributed by atoms with Crippen LogP contribution < -0.4 is 39.3 Å². The van der Waals surface area contributed by atoms with Crippen LogP contribution in [0.25, 0.3) is 21.5 Å². The van der Waals surface area contributed by atoms with Gasteiger partial charge < -0.3 is 37.5 Å². The highest BCUT2D eigenvalue weighted by Crippen LogP contribution is 2.45. The largest absolute Gasteiger partial charge is 0.748 e. The average Bonchev–Trinajstić information content (AvgIpc) is 1.56. The van der Waals surface area contributed by atoms with Crippen LogP contribution in [-0.2, 0) is 71.1 Å². The number of quaternary nitrogens is 1. The maximum atomic E-state index is 14.4. The SMILES string of the molecule is C[Si](C)(CCCNC(=O)COCC(=O)ON)O[Si]1(O[Si](C)(C)CCCNC(=O)C[N+](CCCS(=O)(=O)[O-])(CCCS(=O)(=O)ON)CCCS(=O)(=O)ON)n2c3c4ccccc4c2/N=C2N=C(/N=c4/c5ccccc5/c(n41)=N/C1=NC(=N\3)/c3ccccc31)c1ccccc1\2. The fraction of sp³-hybridized carbons (Fsp3) is 0.386. The molecule has 4 aliphatic rings. The van der Waals surface area contributed by atoms with E-state index in [1.54, 1.807) is 0 Å². The van der Waals surface area contributed by atoms with Gasteiger partial charge in [0.25, 0.3) is 26.1 Å². The third-order valence-corrected chi connectivity index (χ3v) is 30.7. The quantitative estimate of drug-likeness (QED) is 0.0133. The molecule has 0 fully saturated rings. The molecule has 8 N–H and O–H groups in total. The Bertz CT molecular complexity index is 4340. The number of amidine groups is 4. The molecule has 4 aromatic carbocycles. The molecule has 1 unspecified atom stereocenters. The van der Waals surface area contributed by atoms with E-state index < -0.39 is 104 Å². The number of ether oxygens (including phenoxy) is 1. The summed E-state index contributed by atoms with van der Waals surface area (Å²) in [5, 5.41) is 8.63. The first-order chi connectivity index (χ1) is 44.2. The summed E-state index contributed by atoms with van der Waals surface area (Å²) in [7, 11) is -24.5. The van der Waals surface area contributed by atoms with Crippen molar-refractivity contribution in [3.63, 3.8) is 0 Å². The molecule has 0 saturated heterocycles. The van der Waals surface area contributed by atoms with Crippen molar-refractivity contribution in [1.29, 1.82) is 0 Å². The summed E-state index contributed by atoms with van der Waals surface area (Å²) in [4.78, 5) is 75.8. The number of fused-ring (bicyclic) bond motifs is 14. The lowest BCUT2D eigenvalue weighted by molar-refractivity contribution is -0.920. The second-order valence-electron chi connectivity index (χ2n) is 24.0. The van der Waals surface area contributed by atoms with Gasteiger partial charge in [0.15, 0.2) is 46.5 Å². The monoisotopic (exact) mass is 1390 g/mol. The lowest BCUT2D eigenvalue weighted by Crippen LogP contribution is -2.70. The van der Waals surface area contributed by atoms with Crippen molar-refractivity contribution < 1.29 is 75.0 Å². The molecule has 6 bridgehead atoms. The number of hydrogen-bond acceptors (Lipinski definition) is 25. The van der Waals surface area contributed by atoms with Gasteiger partial charge in [0.05, 0.1) is 41.3 Å². The van der Waals surface area contributed by atoms with Gasteiger partial charge >= 0.3 is 14.9 Å². The standard InChI is InChI=1S/C57H72N14O16S3Si3/c1-91(2,34-13-26-61-47(72)36-71(28-15-31-88(75,76)77,29-16-32-89(78,79)84-59)30-17-33-90(80,81)85-60)86-93(87-92(3,4)35-14-27-62-48(73)37-82-38-49(74)83-58)69-54-43-22-9-10-23-44(43)56(69)67-52-41-20-7-8-21-42(41)53(64-52)68-57-46-25-12-11-24-45(46)55(70(57)93)66-51-40-19-6-5-18-39(40)50(63-51)65-54/h5-12,18-25H,13-17,26-38,58-60H2,1-4H3,(H2-,61,62,72,73,75,76,77)/b65-50-,65-54?,66-51?,66-55-,67-52-,67-56?,68-53?,68-57-. The van der Waals surface area contributed by atoms with E-state index in [0.717, 1.165) is 22.3 Å². The molecule has 496 valence electrons. The highest BCUT2D eigenvalue weighted by atomic mass is 32.2. The van der Waals surface area contributed by atoms with Gasteiger partial charge in [-0.2, -0.15) is 43.1 Å². The molecule has 30 nitrogen and oxygen atoms in total. The molecule has 0 saturated carbocycles. The summed E-state index contributed by atoms with van der Waals surface area (Å²) >= 11 is 0. The highest BCUT2D eigenvalue weighted by Gasteiger charge is 2.58. The third kappa shape index (κ3) is 15.8. The number of nitrogens with two attached hydrogens (primary N) is 3. The predicted octanol–water partition coefficient (Wildman–Crippen LogP) is 2.23. The van der Waals surface area contributed by atoms with Crippen LogP contribution in [-0.4, -0.2) is 179 Å². The molecule has 0 spiro atoms. The van der Waals surface area contributed by atoms with Crippen LogP contribution >= 0.6 is 0 Å². The minimum absolute atomic E-state index is 0.0673. The minimum atomic E-state index is -4.78. The summed E-state index contributed by atoms with van der Waals surface area (Å²) < 4.78 is 119. The molecule has 6 heterocycles. The number of carbonyl (C=O) groups is 3. The number of aliphatic imine (C=N–C) groups is 4. The summed E-state index contributed by atoms with van der Waals surface area (Å²) in [6, 6.07) is 31.8. The zero-order valence-corrected chi connectivity index (χ0v) is 56.9. The fourth-order valence-electron chi connectivity index (χ4n) is 12.0. The van der Waals surface area contributed by atoms with Crippen molar-refractivity contribution >= 4 is 130 Å². The number of nitrogens with zero attached hydrogens (tertiary/aromatic N) is 9. The Morgan fingerprint density at radius 3 is 1.34 bits per heavy atom. The molecule has 2 aromatic heterocycles. The van der Waals surface area contributed by atoms with E-state index in [4.69, 9.17) is 60.6 Å². The van der Waals surface area contributed by atoms with Gasteiger partial charge in [-0.05, 0) is 51.1 Å². The van der Waals surface area contributed by atoms with Gasteiger partial charge in [-0.25, -0.2) is 43.2 Å². The molecule has 6 aromatic rings. The lowest BCUT2D eigenvalue weighted by atomic mass is 10.1. The molecule has 2 amide bonds. The Labute approximate surface area is 539 Å². The smallest absolute Gasteiger partial charge is 0.582 e. The maximum absolute atomic E-state index is 14.4. The van der Waals surface area contributed by atoms with Crippen LogP contribution in [0.3, 0.4) is 0 Å². The first kappa shape index (κ1) is 68.6. The second-order valence-corrected chi connectivity index (χ2v) is 40.6. The first-order valence-corrected chi connectivity index (χ1v) is 42.5. The Morgan fingerprint density at radius 1 is 0.527 bits per heavy atom. The van der Waals surface area contributed by atoms with Crippen LogP contribution in [0.15, 0.2) is 127 Å².